The van der Waals surface area contributed by atoms with Crippen LogP contribution in [-0.4, -0.2) is 15.8 Å². The second-order valence-corrected chi connectivity index (χ2v) is 6.85. The van der Waals surface area contributed by atoms with E-state index in [2.05, 4.69) is 0 Å². The Labute approximate surface area is 142 Å². The summed E-state index contributed by atoms with van der Waals surface area (Å²) in [7, 11) is 0. The molecule has 2 unspecified atom stereocenters. The highest BCUT2D eigenvalue weighted by Crippen LogP contribution is 2.59. The Kier molecular flexibility index (Phi) is 2.52. The molecule has 2 aromatic carbocycles. The first kappa shape index (κ1) is 14.4. The van der Waals surface area contributed by atoms with Crippen molar-refractivity contribution in [2.75, 3.05) is 5.73 Å². The van der Waals surface area contributed by atoms with Crippen molar-refractivity contribution in [1.29, 1.82) is 0 Å². The number of benzene rings is 2. The number of nitro benzene ring substituents is 1. The highest BCUT2D eigenvalue weighted by molar-refractivity contribution is 6.12. The van der Waals surface area contributed by atoms with Gasteiger partial charge in [-0.3, -0.25) is 14.9 Å². The van der Waals surface area contributed by atoms with Crippen molar-refractivity contribution in [2.45, 2.75) is 30.5 Å². The van der Waals surface area contributed by atoms with Gasteiger partial charge in [0.1, 0.15) is 17.2 Å². The molecule has 25 heavy (non-hydrogen) atoms. The molecule has 0 saturated heterocycles. The van der Waals surface area contributed by atoms with Gasteiger partial charge in [0.15, 0.2) is 5.78 Å². The highest BCUT2D eigenvalue weighted by atomic mass is 16.6. The monoisotopic (exact) mass is 338 g/mol. The average molecular weight is 338 g/mol. The van der Waals surface area contributed by atoms with Crippen molar-refractivity contribution in [2.24, 2.45) is 0 Å². The molecule has 3 N–H and O–H groups in total. The first-order valence-corrected chi connectivity index (χ1v) is 8.08. The number of hydrogen-bond acceptors (Lipinski definition) is 6. The number of rotatable bonds is 2. The van der Waals surface area contributed by atoms with Gasteiger partial charge in [0, 0.05) is 17.3 Å². The molecule has 0 amide bonds. The number of nitro groups is 1. The maximum absolute atomic E-state index is 12.9. The third-order valence-electron chi connectivity index (χ3n) is 5.33. The molecular weight excluding hydrogens is 324 g/mol. The van der Waals surface area contributed by atoms with E-state index >= 15 is 0 Å². The van der Waals surface area contributed by atoms with Crippen LogP contribution in [0.1, 0.15) is 51.7 Å². The van der Waals surface area contributed by atoms with Gasteiger partial charge in [-0.2, -0.15) is 0 Å². The second-order valence-electron chi connectivity index (χ2n) is 6.85. The zero-order valence-corrected chi connectivity index (χ0v) is 13.1. The Morgan fingerprint density at radius 1 is 1.28 bits per heavy atom. The van der Waals surface area contributed by atoms with Crippen molar-refractivity contribution >= 4 is 17.2 Å². The SMILES string of the molecule is Nc1ccc([N+](=O)[O-])c2c1C(=O)C1c3ccc(C4CC4)cc3OC21O. The fourth-order valence-corrected chi connectivity index (χ4v) is 4.03. The number of nitrogens with zero attached hydrogens (tertiary/aromatic N) is 1. The predicted octanol–water partition coefficient (Wildman–Crippen LogP) is 2.57. The quantitative estimate of drug-likeness (QED) is 0.494. The van der Waals surface area contributed by atoms with Crippen molar-refractivity contribution in [3.05, 3.63) is 62.7 Å². The second kappa shape index (κ2) is 4.37. The number of nitrogens with two attached hydrogens (primary N) is 1. The lowest BCUT2D eigenvalue weighted by Crippen LogP contribution is -2.33. The van der Waals surface area contributed by atoms with Crippen molar-refractivity contribution in [1.82, 2.24) is 0 Å². The average Bonchev–Trinajstić information content (AvgIpc) is 3.32. The van der Waals surface area contributed by atoms with Crippen LogP contribution in [-0.2, 0) is 5.79 Å². The molecule has 7 heteroatoms. The van der Waals surface area contributed by atoms with E-state index in [4.69, 9.17) is 10.5 Å². The number of ketones is 1. The fourth-order valence-electron chi connectivity index (χ4n) is 4.03. The number of nitrogen functional groups attached to an aromatic ring is 1. The van der Waals surface area contributed by atoms with E-state index in [9.17, 15) is 20.0 Å². The molecule has 7 nitrogen and oxygen atoms in total. The van der Waals surface area contributed by atoms with Gasteiger partial charge in [-0.1, -0.05) is 12.1 Å². The molecule has 2 aliphatic carbocycles. The Hall–Kier alpha value is -2.93. The molecule has 1 heterocycles. The smallest absolute Gasteiger partial charge is 0.280 e. The van der Waals surface area contributed by atoms with E-state index in [0.29, 0.717) is 17.2 Å². The maximum atomic E-state index is 12.9. The van der Waals surface area contributed by atoms with Gasteiger partial charge in [-0.15, -0.1) is 0 Å². The number of aliphatic hydroxyl groups is 1. The minimum absolute atomic E-state index is 0.0152. The number of anilines is 1. The van der Waals surface area contributed by atoms with E-state index in [1.807, 2.05) is 12.1 Å². The molecule has 0 radical (unpaired) electrons. The van der Waals surface area contributed by atoms with Gasteiger partial charge < -0.3 is 15.6 Å². The van der Waals surface area contributed by atoms with Crippen LogP contribution in [0.25, 0.3) is 0 Å². The fraction of sp³-hybridized carbons (Fsp3) is 0.278. The Morgan fingerprint density at radius 2 is 2.04 bits per heavy atom. The predicted molar refractivity (Wildman–Crippen MR) is 87.5 cm³/mol. The van der Waals surface area contributed by atoms with Gasteiger partial charge >= 0.3 is 0 Å². The van der Waals surface area contributed by atoms with E-state index < -0.39 is 22.4 Å². The molecule has 1 aliphatic heterocycles. The lowest BCUT2D eigenvalue weighted by molar-refractivity contribution is -0.387. The van der Waals surface area contributed by atoms with E-state index in [1.54, 1.807) is 6.07 Å². The summed E-state index contributed by atoms with van der Waals surface area (Å²) in [5.41, 5.74) is 7.10. The van der Waals surface area contributed by atoms with Crippen LogP contribution in [0.3, 0.4) is 0 Å². The molecule has 2 aromatic rings. The molecule has 2 atom stereocenters. The van der Waals surface area contributed by atoms with E-state index in [1.165, 1.54) is 12.1 Å². The molecule has 5 rings (SSSR count). The Morgan fingerprint density at radius 3 is 2.72 bits per heavy atom. The summed E-state index contributed by atoms with van der Waals surface area (Å²) in [4.78, 5) is 23.7. The van der Waals surface area contributed by atoms with Crippen molar-refractivity contribution < 1.29 is 19.6 Å². The molecule has 0 bridgehead atoms. The van der Waals surface area contributed by atoms with Crippen LogP contribution in [0.4, 0.5) is 11.4 Å². The van der Waals surface area contributed by atoms with Gasteiger partial charge in [0.25, 0.3) is 11.5 Å². The van der Waals surface area contributed by atoms with Crippen LogP contribution in [0, 0.1) is 10.1 Å². The summed E-state index contributed by atoms with van der Waals surface area (Å²) in [5.74, 6) is -2.68. The Balaban J connectivity index is 1.73. The standard InChI is InChI=1S/C18H14N2O5/c19-11-5-6-12(20(23)24)16-14(11)17(21)15-10-4-3-9(8-1-2-8)7-13(10)25-18(15,16)22/h3-8,15,22H,1-2,19H2. The molecule has 1 fully saturated rings. The van der Waals surface area contributed by atoms with Crippen LogP contribution in [0.5, 0.6) is 5.75 Å². The van der Waals surface area contributed by atoms with Crippen LogP contribution < -0.4 is 10.5 Å². The summed E-state index contributed by atoms with van der Waals surface area (Å²) in [6, 6.07) is 8.05. The lowest BCUT2D eigenvalue weighted by Gasteiger charge is -2.22. The third kappa shape index (κ3) is 1.70. The molecule has 0 spiro atoms. The van der Waals surface area contributed by atoms with Crippen molar-refractivity contribution in [3.8, 4) is 5.75 Å². The number of carbonyl (C=O) groups excluding carboxylic acids is 1. The number of hydrogen-bond donors (Lipinski definition) is 2. The lowest BCUT2D eigenvalue weighted by atomic mass is 9.91. The normalized spacial score (nSPS) is 26.0. The summed E-state index contributed by atoms with van der Waals surface area (Å²) >= 11 is 0. The third-order valence-corrected chi connectivity index (χ3v) is 5.33. The Bertz CT molecular complexity index is 982. The van der Waals surface area contributed by atoms with Crippen LogP contribution in [0.2, 0.25) is 0 Å². The molecule has 1 saturated carbocycles. The number of Topliss-reactive ketones (excluding diaryl/α,β-unsaturated/α-hetero) is 1. The largest absolute Gasteiger partial charge is 0.456 e. The number of ether oxygens (including phenoxy) is 1. The molecule has 126 valence electrons. The zero-order chi connectivity index (χ0) is 17.5. The summed E-state index contributed by atoms with van der Waals surface area (Å²) in [6.07, 6.45) is 2.21. The van der Waals surface area contributed by atoms with Gasteiger partial charge in [0.2, 0.25) is 0 Å². The number of carbonyl (C=O) groups is 1. The minimum atomic E-state index is -2.09. The van der Waals surface area contributed by atoms with Gasteiger partial charge in [-0.25, -0.2) is 0 Å². The maximum Gasteiger partial charge on any atom is 0.280 e. The molecular formula is C18H14N2O5. The molecule has 3 aliphatic rings. The first-order valence-electron chi connectivity index (χ1n) is 8.08. The highest BCUT2D eigenvalue weighted by Gasteiger charge is 2.62. The van der Waals surface area contributed by atoms with Crippen LogP contribution >= 0.6 is 0 Å². The summed E-state index contributed by atoms with van der Waals surface area (Å²) < 4.78 is 5.75. The van der Waals surface area contributed by atoms with E-state index in [-0.39, 0.29) is 22.5 Å². The zero-order valence-electron chi connectivity index (χ0n) is 13.1. The summed E-state index contributed by atoms with van der Waals surface area (Å²) in [5, 5.41) is 22.6. The molecule has 0 aromatic heterocycles. The topological polar surface area (TPSA) is 116 Å². The number of fused-ring (bicyclic) bond motifs is 5. The van der Waals surface area contributed by atoms with Gasteiger partial charge in [-0.05, 0) is 36.5 Å². The van der Waals surface area contributed by atoms with E-state index in [0.717, 1.165) is 18.4 Å². The summed E-state index contributed by atoms with van der Waals surface area (Å²) in [6.45, 7) is 0. The van der Waals surface area contributed by atoms with Crippen molar-refractivity contribution in [3.63, 3.8) is 0 Å². The van der Waals surface area contributed by atoms with Gasteiger partial charge in [0.05, 0.1) is 10.5 Å². The van der Waals surface area contributed by atoms with Crippen LogP contribution in [0.15, 0.2) is 30.3 Å². The minimum Gasteiger partial charge on any atom is -0.456 e. The first-order chi connectivity index (χ1) is 11.9.